The Balaban J connectivity index is 1.36. The molecule has 2 amide bonds. The third-order valence-electron chi connectivity index (χ3n) is 5.56. The summed E-state index contributed by atoms with van der Waals surface area (Å²) in [6.07, 6.45) is 1.67. The molecule has 1 fully saturated rings. The highest BCUT2D eigenvalue weighted by Crippen LogP contribution is 2.34. The number of ether oxygens (including phenoxy) is 1. The van der Waals surface area contributed by atoms with Gasteiger partial charge in [0.05, 0.1) is 18.9 Å². The third-order valence-corrected chi connectivity index (χ3v) is 5.89. The number of nitrogens with zero attached hydrogens (tertiary/aromatic N) is 3. The highest BCUT2D eigenvalue weighted by Gasteiger charge is 2.23. The Morgan fingerprint density at radius 3 is 2.64 bits per heavy atom. The number of urea groups is 1. The molecule has 1 atom stereocenters. The Labute approximate surface area is 192 Å². The van der Waals surface area contributed by atoms with Crippen molar-refractivity contribution < 1.29 is 22.7 Å². The van der Waals surface area contributed by atoms with Crippen molar-refractivity contribution in [3.05, 3.63) is 59.6 Å². The first-order valence-electron chi connectivity index (χ1n) is 10.5. The molecular weight excluding hydrogens is 449 g/mol. The number of aryl methyl sites for hydroxylation is 1. The summed E-state index contributed by atoms with van der Waals surface area (Å²) in [6.45, 7) is 3.96. The van der Waals surface area contributed by atoms with Crippen LogP contribution in [0.25, 0.3) is 11.3 Å². The average Bonchev–Trinajstić information content (AvgIpc) is 3.25. The molecule has 4 rings (SSSR count). The molecule has 1 aliphatic heterocycles. The van der Waals surface area contributed by atoms with Crippen molar-refractivity contribution in [2.24, 2.45) is 0 Å². The van der Waals surface area contributed by atoms with Gasteiger partial charge in [-0.2, -0.15) is 0 Å². The number of aromatic nitrogens is 1. The number of carbonyl (C=O) groups is 1. The first-order valence-corrected chi connectivity index (χ1v) is 11.1. The van der Waals surface area contributed by atoms with Crippen LogP contribution in [0.5, 0.6) is 5.75 Å². The number of halogens is 2. The van der Waals surface area contributed by atoms with Crippen LogP contribution in [0.15, 0.2) is 40.9 Å². The quantitative estimate of drug-likeness (QED) is 0.574. The first kappa shape index (κ1) is 23.0. The van der Waals surface area contributed by atoms with Crippen LogP contribution >= 0.6 is 9.24 Å². The smallest absolute Gasteiger partial charge is 0.317 e. The van der Waals surface area contributed by atoms with Gasteiger partial charge in [-0.3, -0.25) is 0 Å². The second-order valence-electron chi connectivity index (χ2n) is 7.74. The van der Waals surface area contributed by atoms with Crippen LogP contribution in [0.4, 0.5) is 19.3 Å². The van der Waals surface area contributed by atoms with Gasteiger partial charge in [0.1, 0.15) is 5.75 Å². The summed E-state index contributed by atoms with van der Waals surface area (Å²) in [5.74, 6) is 0.0273. The van der Waals surface area contributed by atoms with Gasteiger partial charge in [0, 0.05) is 57.0 Å². The van der Waals surface area contributed by atoms with Crippen LogP contribution in [0.1, 0.15) is 11.5 Å². The molecule has 10 heteroatoms. The molecule has 0 aliphatic carbocycles. The predicted octanol–water partition coefficient (Wildman–Crippen LogP) is 3.47. The van der Waals surface area contributed by atoms with E-state index in [4.69, 9.17) is 9.15 Å². The van der Waals surface area contributed by atoms with Crippen molar-refractivity contribution in [1.29, 1.82) is 0 Å². The maximum atomic E-state index is 13.9. The van der Waals surface area contributed by atoms with Gasteiger partial charge in [-0.25, -0.2) is 18.6 Å². The van der Waals surface area contributed by atoms with Crippen molar-refractivity contribution in [2.45, 2.75) is 13.5 Å². The van der Waals surface area contributed by atoms with Crippen LogP contribution in [-0.4, -0.2) is 49.2 Å². The topological polar surface area (TPSA) is 70.8 Å². The van der Waals surface area contributed by atoms with E-state index in [0.29, 0.717) is 48.9 Å². The zero-order chi connectivity index (χ0) is 23.5. The van der Waals surface area contributed by atoms with Crippen molar-refractivity contribution in [2.75, 3.05) is 38.2 Å². The zero-order valence-electron chi connectivity index (χ0n) is 18.4. The Morgan fingerprint density at radius 2 is 1.97 bits per heavy atom. The lowest BCUT2D eigenvalue weighted by Crippen LogP contribution is -2.51. The molecule has 0 radical (unpaired) electrons. The molecule has 7 nitrogen and oxygen atoms in total. The molecule has 2 heterocycles. The predicted molar refractivity (Wildman–Crippen MR) is 125 cm³/mol. The Hall–Kier alpha value is -3.19. The van der Waals surface area contributed by atoms with Gasteiger partial charge in [0.25, 0.3) is 0 Å². The van der Waals surface area contributed by atoms with Gasteiger partial charge in [0.2, 0.25) is 0 Å². The van der Waals surface area contributed by atoms with Crippen molar-refractivity contribution in [3.8, 4) is 17.1 Å². The number of rotatable bonds is 5. The molecule has 1 aromatic heterocycles. The highest BCUT2D eigenvalue weighted by molar-refractivity contribution is 7.27. The average molecular weight is 474 g/mol. The molecular formula is C23H25F2N4O3P. The molecule has 1 unspecified atom stereocenters. The molecule has 0 saturated carbocycles. The Morgan fingerprint density at radius 1 is 1.21 bits per heavy atom. The van der Waals surface area contributed by atoms with Crippen LogP contribution in [0.3, 0.4) is 0 Å². The molecule has 3 aromatic rings. The van der Waals surface area contributed by atoms with Crippen molar-refractivity contribution >= 4 is 26.3 Å². The van der Waals surface area contributed by atoms with E-state index in [-0.39, 0.29) is 18.1 Å². The van der Waals surface area contributed by atoms with E-state index in [0.717, 1.165) is 17.3 Å². The summed E-state index contributed by atoms with van der Waals surface area (Å²) >= 11 is 0. The van der Waals surface area contributed by atoms with Crippen LogP contribution in [0.2, 0.25) is 0 Å². The molecule has 0 spiro atoms. The SMILES string of the molecule is COc1cc(N2CCN(C(=O)NCc3cc(P)cc(F)c3F)CC2)ccc1-c1cnc(C)o1. The molecule has 33 heavy (non-hydrogen) atoms. The maximum absolute atomic E-state index is 13.9. The van der Waals surface area contributed by atoms with Gasteiger partial charge in [-0.05, 0) is 29.6 Å². The van der Waals surface area contributed by atoms with Gasteiger partial charge >= 0.3 is 6.03 Å². The van der Waals surface area contributed by atoms with Crippen LogP contribution in [-0.2, 0) is 6.54 Å². The molecule has 0 bridgehead atoms. The molecule has 174 valence electrons. The number of hydrogen-bond acceptors (Lipinski definition) is 5. The number of benzene rings is 2. The number of carbonyl (C=O) groups excluding carboxylic acids is 1. The summed E-state index contributed by atoms with van der Waals surface area (Å²) in [4.78, 5) is 20.5. The Kier molecular flexibility index (Phi) is 6.79. The number of nitrogens with one attached hydrogen (secondary N) is 1. The van der Waals surface area contributed by atoms with E-state index in [9.17, 15) is 13.6 Å². The molecule has 2 aromatic carbocycles. The number of hydrogen-bond donors (Lipinski definition) is 1. The number of methoxy groups -OCH3 is 1. The van der Waals surface area contributed by atoms with E-state index < -0.39 is 11.6 Å². The summed E-state index contributed by atoms with van der Waals surface area (Å²) in [5, 5.41) is 3.20. The first-order chi connectivity index (χ1) is 15.9. The number of oxazole rings is 1. The minimum Gasteiger partial charge on any atom is -0.496 e. The third kappa shape index (κ3) is 5.09. The zero-order valence-corrected chi connectivity index (χ0v) is 19.6. The van der Waals surface area contributed by atoms with Crippen LogP contribution in [0, 0.1) is 18.6 Å². The summed E-state index contributed by atoms with van der Waals surface area (Å²) in [7, 11) is 3.93. The van der Waals surface area contributed by atoms with Gasteiger partial charge in [-0.1, -0.05) is 0 Å². The normalized spacial score (nSPS) is 13.8. The van der Waals surface area contributed by atoms with E-state index >= 15 is 0 Å². The van der Waals surface area contributed by atoms with E-state index in [1.807, 2.05) is 18.2 Å². The largest absolute Gasteiger partial charge is 0.496 e. The lowest BCUT2D eigenvalue weighted by Gasteiger charge is -2.36. The lowest BCUT2D eigenvalue weighted by atomic mass is 10.1. The van der Waals surface area contributed by atoms with Crippen molar-refractivity contribution in [3.63, 3.8) is 0 Å². The van der Waals surface area contributed by atoms with Crippen molar-refractivity contribution in [1.82, 2.24) is 15.2 Å². The number of amides is 2. The monoisotopic (exact) mass is 474 g/mol. The lowest BCUT2D eigenvalue weighted by molar-refractivity contribution is 0.193. The summed E-state index contributed by atoms with van der Waals surface area (Å²) < 4.78 is 38.7. The number of anilines is 1. The molecule has 1 N–H and O–H groups in total. The van der Waals surface area contributed by atoms with Gasteiger partial charge in [0.15, 0.2) is 23.3 Å². The minimum atomic E-state index is -0.941. The van der Waals surface area contributed by atoms with E-state index in [2.05, 4.69) is 24.4 Å². The standard InChI is InChI=1S/C23H25F2N4O3P/c1-14-26-13-21(32-14)18-4-3-16(10-20(18)31-2)28-5-7-29(8-6-28)23(30)27-12-15-9-17(33)11-19(24)22(15)25/h3-4,9-11,13H,5-8,12,33H2,1-2H3,(H,27,30). The fourth-order valence-corrected chi connectivity index (χ4v) is 4.16. The van der Waals surface area contributed by atoms with Crippen LogP contribution < -0.4 is 20.3 Å². The van der Waals surface area contributed by atoms with Gasteiger partial charge in [-0.15, -0.1) is 9.24 Å². The van der Waals surface area contributed by atoms with Gasteiger partial charge < -0.3 is 24.3 Å². The summed E-state index contributed by atoms with van der Waals surface area (Å²) in [5.41, 5.74) is 1.90. The number of piperazine rings is 1. The highest BCUT2D eigenvalue weighted by atomic mass is 31.0. The minimum absolute atomic E-state index is 0.0796. The second kappa shape index (κ2) is 9.75. The summed E-state index contributed by atoms with van der Waals surface area (Å²) in [6, 6.07) is 8.14. The molecule has 1 saturated heterocycles. The van der Waals surface area contributed by atoms with E-state index in [1.54, 1.807) is 25.1 Å². The maximum Gasteiger partial charge on any atom is 0.317 e. The Bertz CT molecular complexity index is 1160. The fourth-order valence-electron chi connectivity index (χ4n) is 3.81. The second-order valence-corrected chi connectivity index (χ2v) is 8.40. The molecule has 1 aliphatic rings. The fraction of sp³-hybridized carbons (Fsp3) is 0.304. The van der Waals surface area contributed by atoms with E-state index in [1.165, 1.54) is 6.07 Å².